The van der Waals surface area contributed by atoms with Crippen molar-refractivity contribution < 1.29 is 4.42 Å². The molecule has 0 atom stereocenters. The van der Waals surface area contributed by atoms with E-state index in [-0.39, 0.29) is 0 Å². The molecule has 2 aromatic carbocycles. The first-order chi connectivity index (χ1) is 12.4. The number of hydrogen-bond donors (Lipinski definition) is 0. The SMILES string of the molecule is C(=N\N=c1\sc(-c2ccccc2)nn1-c1ccccc1)/c1ccco1. The van der Waals surface area contributed by atoms with E-state index in [1.807, 2.05) is 72.8 Å². The van der Waals surface area contributed by atoms with E-state index in [9.17, 15) is 0 Å². The van der Waals surface area contributed by atoms with Crippen LogP contribution in [0.3, 0.4) is 0 Å². The zero-order valence-corrected chi connectivity index (χ0v) is 14.0. The second-order valence-corrected chi connectivity index (χ2v) is 6.12. The van der Waals surface area contributed by atoms with Crippen LogP contribution >= 0.6 is 11.3 Å². The molecule has 0 amide bonds. The number of aromatic nitrogens is 2. The highest BCUT2D eigenvalue weighted by molar-refractivity contribution is 7.12. The molecule has 0 bridgehead atoms. The van der Waals surface area contributed by atoms with Crippen molar-refractivity contribution in [2.75, 3.05) is 0 Å². The van der Waals surface area contributed by atoms with Crippen LogP contribution in [0.25, 0.3) is 16.3 Å². The first-order valence-corrected chi connectivity index (χ1v) is 8.53. The lowest BCUT2D eigenvalue weighted by molar-refractivity contribution is 0.560. The third-order valence-corrected chi connectivity index (χ3v) is 4.40. The zero-order valence-electron chi connectivity index (χ0n) is 13.2. The van der Waals surface area contributed by atoms with E-state index in [1.54, 1.807) is 17.2 Å². The third-order valence-electron chi connectivity index (χ3n) is 3.45. The fourth-order valence-corrected chi connectivity index (χ4v) is 3.15. The van der Waals surface area contributed by atoms with Crippen LogP contribution in [-0.4, -0.2) is 16.0 Å². The van der Waals surface area contributed by atoms with Gasteiger partial charge in [-0.3, -0.25) is 0 Å². The standard InChI is InChI=1S/C19H14N4OS/c1-3-8-15(9-4-1)18-22-23(16-10-5-2-6-11-16)19(25-18)21-20-14-17-12-7-13-24-17/h1-14H/b20-14+,21-19+. The normalized spacial score (nSPS) is 12.1. The summed E-state index contributed by atoms with van der Waals surface area (Å²) < 4.78 is 7.03. The fourth-order valence-electron chi connectivity index (χ4n) is 2.28. The Labute approximate surface area is 148 Å². The summed E-state index contributed by atoms with van der Waals surface area (Å²) in [6.07, 6.45) is 3.18. The Morgan fingerprint density at radius 2 is 1.68 bits per heavy atom. The van der Waals surface area contributed by atoms with Crippen molar-refractivity contribution in [1.29, 1.82) is 0 Å². The Morgan fingerprint density at radius 3 is 2.40 bits per heavy atom. The van der Waals surface area contributed by atoms with E-state index in [2.05, 4.69) is 10.2 Å². The van der Waals surface area contributed by atoms with Crippen LogP contribution in [0.5, 0.6) is 0 Å². The van der Waals surface area contributed by atoms with E-state index in [0.717, 1.165) is 16.3 Å². The van der Waals surface area contributed by atoms with E-state index < -0.39 is 0 Å². The lowest BCUT2D eigenvalue weighted by Crippen LogP contribution is -2.13. The summed E-state index contributed by atoms with van der Waals surface area (Å²) in [5.41, 5.74) is 1.99. The molecule has 4 rings (SSSR count). The molecule has 0 saturated heterocycles. The minimum Gasteiger partial charge on any atom is -0.463 e. The summed E-state index contributed by atoms with van der Waals surface area (Å²) in [5.74, 6) is 0.655. The van der Waals surface area contributed by atoms with Crippen molar-refractivity contribution in [1.82, 2.24) is 9.78 Å². The van der Waals surface area contributed by atoms with Gasteiger partial charge in [-0.1, -0.05) is 59.9 Å². The van der Waals surface area contributed by atoms with Crippen molar-refractivity contribution >= 4 is 17.6 Å². The van der Waals surface area contributed by atoms with Crippen LogP contribution in [0.4, 0.5) is 0 Å². The molecule has 25 heavy (non-hydrogen) atoms. The Bertz CT molecular complexity index is 1030. The minimum atomic E-state index is 0.655. The number of nitrogens with zero attached hydrogens (tertiary/aromatic N) is 4. The molecule has 6 heteroatoms. The van der Waals surface area contributed by atoms with Crippen molar-refractivity contribution in [2.45, 2.75) is 0 Å². The van der Waals surface area contributed by atoms with Crippen LogP contribution in [0.15, 0.2) is 93.7 Å². The Hall–Kier alpha value is -3.25. The summed E-state index contributed by atoms with van der Waals surface area (Å²) in [6, 6.07) is 23.6. The molecule has 5 nitrogen and oxygen atoms in total. The van der Waals surface area contributed by atoms with Crippen LogP contribution in [-0.2, 0) is 0 Å². The molecule has 0 fully saturated rings. The molecule has 122 valence electrons. The first-order valence-electron chi connectivity index (χ1n) is 7.72. The summed E-state index contributed by atoms with van der Waals surface area (Å²) in [5, 5.41) is 14.1. The molecule has 0 saturated carbocycles. The summed E-state index contributed by atoms with van der Waals surface area (Å²) in [4.78, 5) is 0.688. The van der Waals surface area contributed by atoms with E-state index >= 15 is 0 Å². The van der Waals surface area contributed by atoms with Gasteiger partial charge in [0.05, 0.1) is 18.2 Å². The Morgan fingerprint density at radius 1 is 0.920 bits per heavy atom. The third kappa shape index (κ3) is 3.49. The highest BCUT2D eigenvalue weighted by Crippen LogP contribution is 2.19. The number of rotatable bonds is 4. The lowest BCUT2D eigenvalue weighted by Gasteiger charge is -1.99. The molecule has 4 aromatic rings. The van der Waals surface area contributed by atoms with Gasteiger partial charge in [0.25, 0.3) is 0 Å². The molecule has 0 radical (unpaired) electrons. The first kappa shape index (κ1) is 15.3. The van der Waals surface area contributed by atoms with Gasteiger partial charge < -0.3 is 4.42 Å². The highest BCUT2D eigenvalue weighted by atomic mass is 32.1. The molecule has 0 aliphatic carbocycles. The fraction of sp³-hybridized carbons (Fsp3) is 0. The number of hydrogen-bond acceptors (Lipinski definition) is 5. The van der Waals surface area contributed by atoms with Crippen LogP contribution in [0.2, 0.25) is 0 Å². The highest BCUT2D eigenvalue weighted by Gasteiger charge is 2.08. The predicted octanol–water partition coefficient (Wildman–Crippen LogP) is 4.13. The second kappa shape index (κ2) is 7.11. The number of benzene rings is 2. The monoisotopic (exact) mass is 346 g/mol. The van der Waals surface area contributed by atoms with Gasteiger partial charge in [-0.25, -0.2) is 4.68 Å². The van der Waals surface area contributed by atoms with Gasteiger partial charge in [0.2, 0.25) is 4.80 Å². The molecule has 0 N–H and O–H groups in total. The number of para-hydroxylation sites is 1. The van der Waals surface area contributed by atoms with Gasteiger partial charge in [-0.15, -0.1) is 5.10 Å². The van der Waals surface area contributed by atoms with Gasteiger partial charge in [0, 0.05) is 5.56 Å². The van der Waals surface area contributed by atoms with Crippen LogP contribution < -0.4 is 4.80 Å². The van der Waals surface area contributed by atoms with Crippen molar-refractivity contribution in [3.63, 3.8) is 0 Å². The van der Waals surface area contributed by atoms with E-state index in [1.165, 1.54) is 11.3 Å². The van der Waals surface area contributed by atoms with Gasteiger partial charge in [-0.05, 0) is 24.3 Å². The van der Waals surface area contributed by atoms with Gasteiger partial charge in [0.1, 0.15) is 10.8 Å². The average Bonchev–Trinajstić information content (AvgIpc) is 3.33. The van der Waals surface area contributed by atoms with Gasteiger partial charge in [-0.2, -0.15) is 10.2 Å². The second-order valence-electron chi connectivity index (χ2n) is 5.16. The molecule has 0 aliphatic rings. The Kier molecular flexibility index (Phi) is 4.35. The van der Waals surface area contributed by atoms with E-state index in [4.69, 9.17) is 9.52 Å². The molecule has 0 aliphatic heterocycles. The quantitative estimate of drug-likeness (QED) is 0.412. The smallest absolute Gasteiger partial charge is 0.233 e. The predicted molar refractivity (Wildman–Crippen MR) is 98.7 cm³/mol. The maximum atomic E-state index is 5.23. The van der Waals surface area contributed by atoms with Crippen LogP contribution in [0, 0.1) is 0 Å². The topological polar surface area (TPSA) is 55.7 Å². The summed E-state index contributed by atoms with van der Waals surface area (Å²) in [7, 11) is 0. The maximum Gasteiger partial charge on any atom is 0.233 e. The Balaban J connectivity index is 1.80. The van der Waals surface area contributed by atoms with Crippen molar-refractivity contribution in [2.24, 2.45) is 10.2 Å². The summed E-state index contributed by atoms with van der Waals surface area (Å²) >= 11 is 1.49. The minimum absolute atomic E-state index is 0.655. The molecular formula is C19H14N4OS. The molecule has 0 spiro atoms. The van der Waals surface area contributed by atoms with Gasteiger partial charge in [0.15, 0.2) is 0 Å². The molecule has 0 unspecified atom stereocenters. The largest absolute Gasteiger partial charge is 0.463 e. The molecule has 2 heterocycles. The molecule has 2 aromatic heterocycles. The summed E-state index contributed by atoms with van der Waals surface area (Å²) in [6.45, 7) is 0. The maximum absolute atomic E-state index is 5.23. The molecular weight excluding hydrogens is 332 g/mol. The van der Waals surface area contributed by atoms with Crippen LogP contribution in [0.1, 0.15) is 5.76 Å². The number of furan rings is 1. The van der Waals surface area contributed by atoms with Gasteiger partial charge >= 0.3 is 0 Å². The zero-order chi connectivity index (χ0) is 16.9. The van der Waals surface area contributed by atoms with E-state index in [0.29, 0.717) is 10.6 Å². The lowest BCUT2D eigenvalue weighted by atomic mass is 10.2. The van der Waals surface area contributed by atoms with Crippen molar-refractivity contribution in [3.05, 3.63) is 89.6 Å². The average molecular weight is 346 g/mol. The van der Waals surface area contributed by atoms with Crippen molar-refractivity contribution in [3.8, 4) is 16.3 Å².